The highest BCUT2D eigenvalue weighted by atomic mass is 79.9. The molecular formula is C12H15BrO3. The van der Waals surface area contributed by atoms with Gasteiger partial charge in [0.15, 0.2) is 0 Å². The predicted molar refractivity (Wildman–Crippen MR) is 65.1 cm³/mol. The largest absolute Gasteiger partial charge is 0.466 e. The average Bonchev–Trinajstić information content (AvgIpc) is 2.22. The lowest BCUT2D eigenvalue weighted by Gasteiger charge is -2.11. The number of aliphatic hydroxyl groups is 1. The first-order valence-electron chi connectivity index (χ1n) is 5.14. The first-order valence-corrected chi connectivity index (χ1v) is 5.93. The molecule has 0 spiro atoms. The maximum absolute atomic E-state index is 11.2. The van der Waals surface area contributed by atoms with Crippen molar-refractivity contribution < 1.29 is 14.6 Å². The van der Waals surface area contributed by atoms with E-state index >= 15 is 0 Å². The molecule has 88 valence electrons. The molecule has 0 saturated carbocycles. The van der Waals surface area contributed by atoms with Gasteiger partial charge in [-0.05, 0) is 31.0 Å². The van der Waals surface area contributed by atoms with Crippen molar-refractivity contribution in [2.75, 3.05) is 6.61 Å². The Balaban J connectivity index is 2.69. The van der Waals surface area contributed by atoms with E-state index in [4.69, 9.17) is 4.74 Å². The van der Waals surface area contributed by atoms with Gasteiger partial charge in [0.1, 0.15) is 0 Å². The first kappa shape index (κ1) is 13.2. The van der Waals surface area contributed by atoms with Crippen LogP contribution in [-0.2, 0) is 9.53 Å². The van der Waals surface area contributed by atoms with Crippen molar-refractivity contribution in [1.29, 1.82) is 0 Å². The lowest BCUT2D eigenvalue weighted by molar-refractivity contribution is -0.145. The summed E-state index contributed by atoms with van der Waals surface area (Å²) in [5.41, 5.74) is 1.80. The van der Waals surface area contributed by atoms with Crippen LogP contribution < -0.4 is 0 Å². The highest BCUT2D eigenvalue weighted by Gasteiger charge is 2.14. The van der Waals surface area contributed by atoms with Crippen LogP contribution in [0.3, 0.4) is 0 Å². The summed E-state index contributed by atoms with van der Waals surface area (Å²) in [4.78, 5) is 11.2. The number of aryl methyl sites for hydroxylation is 1. The topological polar surface area (TPSA) is 46.5 Å². The van der Waals surface area contributed by atoms with Crippen LogP contribution in [-0.4, -0.2) is 17.7 Å². The number of aliphatic hydroxyl groups excluding tert-OH is 1. The molecule has 3 nitrogen and oxygen atoms in total. The molecule has 4 heteroatoms. The number of carbonyl (C=O) groups is 1. The fourth-order valence-corrected chi connectivity index (χ4v) is 1.71. The Kier molecular flexibility index (Phi) is 4.96. The van der Waals surface area contributed by atoms with Crippen LogP contribution in [0.4, 0.5) is 0 Å². The maximum Gasteiger partial charge on any atom is 0.308 e. The van der Waals surface area contributed by atoms with Crippen molar-refractivity contribution in [3.63, 3.8) is 0 Å². The Labute approximate surface area is 104 Å². The summed E-state index contributed by atoms with van der Waals surface area (Å²) in [5.74, 6) is -0.383. The fraction of sp³-hybridized carbons (Fsp3) is 0.417. The van der Waals surface area contributed by atoms with Gasteiger partial charge in [-0.2, -0.15) is 0 Å². The first-order chi connectivity index (χ1) is 7.54. The second-order valence-corrected chi connectivity index (χ2v) is 4.39. The Morgan fingerprint density at radius 2 is 2.25 bits per heavy atom. The van der Waals surface area contributed by atoms with Gasteiger partial charge in [-0.1, -0.05) is 28.1 Å². The van der Waals surface area contributed by atoms with Crippen LogP contribution in [0, 0.1) is 6.92 Å². The number of halogens is 1. The molecule has 1 aromatic carbocycles. The number of esters is 1. The number of benzene rings is 1. The van der Waals surface area contributed by atoms with Crippen LogP contribution in [0.25, 0.3) is 0 Å². The Hall–Kier alpha value is -0.870. The lowest BCUT2D eigenvalue weighted by atomic mass is 10.1. The van der Waals surface area contributed by atoms with Crippen molar-refractivity contribution in [2.24, 2.45) is 0 Å². The van der Waals surface area contributed by atoms with Gasteiger partial charge in [0, 0.05) is 4.47 Å². The summed E-state index contributed by atoms with van der Waals surface area (Å²) in [7, 11) is 0. The molecule has 1 atom stereocenters. The Morgan fingerprint density at radius 3 is 2.81 bits per heavy atom. The predicted octanol–water partition coefficient (Wildman–Crippen LogP) is 2.74. The highest BCUT2D eigenvalue weighted by molar-refractivity contribution is 9.10. The molecule has 1 unspecified atom stereocenters. The van der Waals surface area contributed by atoms with Crippen molar-refractivity contribution in [3.05, 3.63) is 33.8 Å². The molecule has 0 fully saturated rings. The van der Waals surface area contributed by atoms with Crippen LogP contribution in [0.15, 0.2) is 22.7 Å². The van der Waals surface area contributed by atoms with Crippen LogP contribution in [0.5, 0.6) is 0 Å². The second kappa shape index (κ2) is 6.01. The van der Waals surface area contributed by atoms with Crippen LogP contribution >= 0.6 is 15.9 Å². The van der Waals surface area contributed by atoms with Gasteiger partial charge in [0.05, 0.1) is 19.1 Å². The van der Waals surface area contributed by atoms with E-state index in [2.05, 4.69) is 15.9 Å². The molecule has 16 heavy (non-hydrogen) atoms. The fourth-order valence-electron chi connectivity index (χ4n) is 1.31. The maximum atomic E-state index is 11.2. The summed E-state index contributed by atoms with van der Waals surface area (Å²) < 4.78 is 5.70. The minimum atomic E-state index is -0.809. The van der Waals surface area contributed by atoms with E-state index in [-0.39, 0.29) is 12.4 Å². The van der Waals surface area contributed by atoms with E-state index < -0.39 is 6.10 Å². The minimum absolute atomic E-state index is 0.0106. The van der Waals surface area contributed by atoms with Gasteiger partial charge in [0.25, 0.3) is 0 Å². The van der Waals surface area contributed by atoms with Crippen LogP contribution in [0.2, 0.25) is 0 Å². The third-order valence-electron chi connectivity index (χ3n) is 2.25. The van der Waals surface area contributed by atoms with Gasteiger partial charge >= 0.3 is 5.97 Å². The van der Waals surface area contributed by atoms with Gasteiger partial charge < -0.3 is 9.84 Å². The van der Waals surface area contributed by atoms with Crippen molar-refractivity contribution in [3.8, 4) is 0 Å². The molecular weight excluding hydrogens is 272 g/mol. The van der Waals surface area contributed by atoms with E-state index in [1.54, 1.807) is 6.92 Å². The normalized spacial score (nSPS) is 12.2. The molecule has 0 aliphatic heterocycles. The second-order valence-electron chi connectivity index (χ2n) is 3.53. The number of hydrogen-bond acceptors (Lipinski definition) is 3. The monoisotopic (exact) mass is 286 g/mol. The molecule has 1 rings (SSSR count). The lowest BCUT2D eigenvalue weighted by Crippen LogP contribution is -2.10. The number of ether oxygens (including phenoxy) is 1. The van der Waals surface area contributed by atoms with E-state index in [0.717, 1.165) is 10.0 Å². The Bertz CT molecular complexity index is 377. The molecule has 0 aromatic heterocycles. The van der Waals surface area contributed by atoms with Crippen molar-refractivity contribution in [2.45, 2.75) is 26.4 Å². The Morgan fingerprint density at radius 1 is 1.56 bits per heavy atom. The highest BCUT2D eigenvalue weighted by Crippen LogP contribution is 2.23. The van der Waals surface area contributed by atoms with Crippen LogP contribution in [0.1, 0.15) is 30.6 Å². The number of hydrogen-bond donors (Lipinski definition) is 1. The third-order valence-corrected chi connectivity index (χ3v) is 3.10. The van der Waals surface area contributed by atoms with Gasteiger partial charge in [0.2, 0.25) is 0 Å². The summed E-state index contributed by atoms with van der Waals surface area (Å²) in [6, 6.07) is 5.52. The van der Waals surface area contributed by atoms with Gasteiger partial charge in [-0.3, -0.25) is 4.79 Å². The van der Waals surface area contributed by atoms with E-state index in [9.17, 15) is 9.90 Å². The number of carbonyl (C=O) groups excluding carboxylic acids is 1. The van der Waals surface area contributed by atoms with E-state index in [0.29, 0.717) is 12.2 Å². The average molecular weight is 287 g/mol. The number of rotatable bonds is 4. The molecule has 1 N–H and O–H groups in total. The van der Waals surface area contributed by atoms with Gasteiger partial charge in [-0.15, -0.1) is 0 Å². The summed E-state index contributed by atoms with van der Waals surface area (Å²) in [5, 5.41) is 9.81. The molecule has 0 radical (unpaired) electrons. The molecule has 0 bridgehead atoms. The minimum Gasteiger partial charge on any atom is -0.466 e. The third kappa shape index (κ3) is 3.61. The quantitative estimate of drug-likeness (QED) is 0.866. The molecule has 0 saturated heterocycles. The zero-order valence-electron chi connectivity index (χ0n) is 9.37. The van der Waals surface area contributed by atoms with Crippen molar-refractivity contribution >= 4 is 21.9 Å². The molecule has 1 aromatic rings. The SMILES string of the molecule is CCOC(=O)CC(O)c1ccc(C)c(Br)c1. The van der Waals surface area contributed by atoms with Gasteiger partial charge in [-0.25, -0.2) is 0 Å². The molecule has 0 aliphatic carbocycles. The molecule has 0 heterocycles. The van der Waals surface area contributed by atoms with E-state index in [1.165, 1.54) is 0 Å². The summed E-state index contributed by atoms with van der Waals surface area (Å²) in [6.07, 6.45) is -0.820. The molecule has 0 amide bonds. The molecule has 0 aliphatic rings. The van der Waals surface area contributed by atoms with Crippen molar-refractivity contribution in [1.82, 2.24) is 0 Å². The standard InChI is InChI=1S/C12H15BrO3/c1-3-16-12(15)7-11(14)9-5-4-8(2)10(13)6-9/h4-6,11,14H,3,7H2,1-2H3. The zero-order chi connectivity index (χ0) is 12.1. The summed E-state index contributed by atoms with van der Waals surface area (Å²) in [6.45, 7) is 4.04. The zero-order valence-corrected chi connectivity index (χ0v) is 11.0. The van der Waals surface area contributed by atoms with E-state index in [1.807, 2.05) is 25.1 Å². The summed E-state index contributed by atoms with van der Waals surface area (Å²) >= 11 is 3.38. The smallest absolute Gasteiger partial charge is 0.308 e.